The summed E-state index contributed by atoms with van der Waals surface area (Å²) in [5.41, 5.74) is -0.702. The molecule has 0 spiro atoms. The molecule has 2 aliphatic heterocycles. The van der Waals surface area contributed by atoms with Gasteiger partial charge in [0, 0.05) is 6.54 Å². The van der Waals surface area contributed by atoms with E-state index in [-0.39, 0.29) is 24.4 Å². The van der Waals surface area contributed by atoms with Crippen LogP contribution in [0.4, 0.5) is 0 Å². The normalized spacial score (nSPS) is 38.5. The van der Waals surface area contributed by atoms with Crippen molar-refractivity contribution in [1.82, 2.24) is 10.2 Å². The van der Waals surface area contributed by atoms with E-state index < -0.39 is 41.3 Å². The molecule has 9 atom stereocenters. The van der Waals surface area contributed by atoms with Gasteiger partial charge in [-0.25, -0.2) is 0 Å². The van der Waals surface area contributed by atoms with Crippen molar-refractivity contribution in [2.45, 2.75) is 80.4 Å². The van der Waals surface area contributed by atoms with Crippen molar-refractivity contribution in [3.8, 4) is 0 Å². The first-order chi connectivity index (χ1) is 12.7. The standard InChI is InChI=1S/C18H33ClN2O5S.ClH/c1-5-6-10-7-11(21(3)8-10)17(25)20-12(9(2)19)16-14(23)13(22)15(24)18(26-16)27-4;/h9-16,18,22-24H,5-8H2,1-4H3,(H,20,25);1H/t9-,10+,11?,12+,13?,14+,15?,16+,18+;/m0./s1. The number of hydrogen-bond donors (Lipinski definition) is 4. The summed E-state index contributed by atoms with van der Waals surface area (Å²) < 4.78 is 5.79. The van der Waals surface area contributed by atoms with E-state index >= 15 is 0 Å². The number of carbonyl (C=O) groups is 1. The molecule has 0 bridgehead atoms. The van der Waals surface area contributed by atoms with Gasteiger partial charge in [0.15, 0.2) is 0 Å². The maximum Gasteiger partial charge on any atom is 0.237 e. The van der Waals surface area contributed by atoms with Gasteiger partial charge < -0.3 is 25.4 Å². The molecule has 28 heavy (non-hydrogen) atoms. The first kappa shape index (κ1) is 26.2. The van der Waals surface area contributed by atoms with Crippen molar-refractivity contribution < 1.29 is 24.9 Å². The van der Waals surface area contributed by atoms with Crippen LogP contribution in [-0.4, -0.2) is 93.3 Å². The predicted octanol–water partition coefficient (Wildman–Crippen LogP) is 0.811. The Morgan fingerprint density at radius 1 is 1.32 bits per heavy atom. The van der Waals surface area contributed by atoms with Gasteiger partial charge in [0.1, 0.15) is 29.9 Å². The van der Waals surface area contributed by atoms with Gasteiger partial charge >= 0.3 is 0 Å². The van der Waals surface area contributed by atoms with Gasteiger partial charge in [0.05, 0.1) is 17.5 Å². The topological polar surface area (TPSA) is 102 Å². The van der Waals surface area contributed by atoms with E-state index in [0.717, 1.165) is 25.8 Å². The fraction of sp³-hybridized carbons (Fsp3) is 0.944. The number of likely N-dealkylation sites (tertiary alicyclic amines) is 1. The summed E-state index contributed by atoms with van der Waals surface area (Å²) in [6.45, 7) is 4.74. The molecule has 166 valence electrons. The van der Waals surface area contributed by atoms with E-state index in [2.05, 4.69) is 12.2 Å². The highest BCUT2D eigenvalue weighted by molar-refractivity contribution is 7.99. The van der Waals surface area contributed by atoms with E-state index in [9.17, 15) is 20.1 Å². The molecular weight excluding hydrogens is 427 g/mol. The summed E-state index contributed by atoms with van der Waals surface area (Å²) in [5.74, 6) is 0.350. The molecule has 0 radical (unpaired) electrons. The van der Waals surface area contributed by atoms with Crippen LogP contribution in [0.1, 0.15) is 33.1 Å². The molecular formula is C18H34Cl2N2O5S. The van der Waals surface area contributed by atoms with Crippen LogP contribution in [0.5, 0.6) is 0 Å². The summed E-state index contributed by atoms with van der Waals surface area (Å²) in [6.07, 6.45) is -0.0980. The third-order valence-corrected chi connectivity index (χ3v) is 6.76. The minimum Gasteiger partial charge on any atom is -0.388 e. The van der Waals surface area contributed by atoms with Gasteiger partial charge in [-0.3, -0.25) is 9.69 Å². The van der Waals surface area contributed by atoms with Crippen molar-refractivity contribution in [1.29, 1.82) is 0 Å². The lowest BCUT2D eigenvalue weighted by Gasteiger charge is -2.44. The van der Waals surface area contributed by atoms with E-state index in [1.807, 2.05) is 11.9 Å². The highest BCUT2D eigenvalue weighted by atomic mass is 35.5. The van der Waals surface area contributed by atoms with Gasteiger partial charge in [-0.05, 0) is 39.0 Å². The zero-order valence-electron chi connectivity index (χ0n) is 16.8. The van der Waals surface area contributed by atoms with Crippen molar-refractivity contribution >= 4 is 41.7 Å². The van der Waals surface area contributed by atoms with Crippen LogP contribution < -0.4 is 5.32 Å². The van der Waals surface area contributed by atoms with Gasteiger partial charge in [-0.1, -0.05) is 13.3 Å². The Bertz CT molecular complexity index is 503. The van der Waals surface area contributed by atoms with Crippen molar-refractivity contribution in [2.24, 2.45) is 5.92 Å². The number of alkyl halides is 1. The summed E-state index contributed by atoms with van der Waals surface area (Å²) >= 11 is 7.55. The average molecular weight is 461 g/mol. The third-order valence-electron chi connectivity index (χ3n) is 5.63. The first-order valence-corrected chi connectivity index (χ1v) is 11.3. The Kier molecular flexibility index (Phi) is 10.8. The molecule has 3 unspecified atom stereocenters. The van der Waals surface area contributed by atoms with Crippen molar-refractivity contribution in [3.63, 3.8) is 0 Å². The number of thioether (sulfide) groups is 1. The van der Waals surface area contributed by atoms with Crippen LogP contribution in [0.3, 0.4) is 0 Å². The monoisotopic (exact) mass is 460 g/mol. The maximum absolute atomic E-state index is 12.9. The lowest BCUT2D eigenvalue weighted by Crippen LogP contribution is -2.65. The fourth-order valence-corrected chi connectivity index (χ4v) is 5.00. The van der Waals surface area contributed by atoms with E-state index in [0.29, 0.717) is 5.92 Å². The van der Waals surface area contributed by atoms with Gasteiger partial charge in [0.2, 0.25) is 5.91 Å². The number of aliphatic hydroxyl groups is 3. The number of ether oxygens (including phenoxy) is 1. The molecule has 0 aromatic carbocycles. The second-order valence-corrected chi connectivity index (χ2v) is 9.36. The molecule has 0 aromatic rings. The number of likely N-dealkylation sites (N-methyl/N-ethyl adjacent to an activating group) is 1. The summed E-state index contributed by atoms with van der Waals surface area (Å²) in [5, 5.41) is 33.0. The van der Waals surface area contributed by atoms with E-state index in [1.165, 1.54) is 11.8 Å². The second kappa shape index (κ2) is 11.6. The molecule has 10 heteroatoms. The Morgan fingerprint density at radius 3 is 2.50 bits per heavy atom. The fourth-order valence-electron chi connectivity index (χ4n) is 4.11. The van der Waals surface area contributed by atoms with Crippen molar-refractivity contribution in [2.75, 3.05) is 19.8 Å². The molecule has 1 amide bonds. The molecule has 0 saturated carbocycles. The van der Waals surface area contributed by atoms with Crippen LogP contribution >= 0.6 is 35.8 Å². The predicted molar refractivity (Wildman–Crippen MR) is 114 cm³/mol. The first-order valence-electron chi connectivity index (χ1n) is 9.58. The molecule has 2 saturated heterocycles. The maximum atomic E-state index is 12.9. The SMILES string of the molecule is CCC[C@@H]1CC(C(=O)N[C@@H]([C@H]2O[C@H](SC)C(O)C(O)[C@H]2O)[C@H](C)Cl)N(C)C1.Cl. The molecule has 2 heterocycles. The number of carbonyl (C=O) groups excluding carboxylic acids is 1. The Labute approximate surface area is 182 Å². The Hall–Kier alpha value is 0.200. The summed E-state index contributed by atoms with van der Waals surface area (Å²) in [7, 11) is 1.94. The van der Waals surface area contributed by atoms with Gasteiger partial charge in [0.25, 0.3) is 0 Å². The van der Waals surface area contributed by atoms with Crippen molar-refractivity contribution in [3.05, 3.63) is 0 Å². The largest absolute Gasteiger partial charge is 0.388 e. The number of nitrogens with zero attached hydrogens (tertiary/aromatic N) is 1. The number of amides is 1. The lowest BCUT2D eigenvalue weighted by molar-refractivity contribution is -0.205. The Balaban J connectivity index is 0.00000392. The number of aliphatic hydroxyl groups excluding tert-OH is 3. The molecule has 0 aliphatic carbocycles. The van der Waals surface area contributed by atoms with E-state index in [4.69, 9.17) is 16.3 Å². The Morgan fingerprint density at radius 2 is 1.96 bits per heavy atom. The number of halogens is 2. The van der Waals surface area contributed by atoms with Crippen LogP contribution in [0.25, 0.3) is 0 Å². The third kappa shape index (κ3) is 5.88. The minimum absolute atomic E-state index is 0. The molecule has 0 aromatic heterocycles. The summed E-state index contributed by atoms with van der Waals surface area (Å²) in [4.78, 5) is 14.9. The second-order valence-electron chi connectivity index (χ2n) is 7.73. The van der Waals surface area contributed by atoms with Crippen LogP contribution in [0.15, 0.2) is 0 Å². The number of hydrogen-bond acceptors (Lipinski definition) is 7. The van der Waals surface area contributed by atoms with E-state index in [1.54, 1.807) is 13.2 Å². The average Bonchev–Trinajstić information content (AvgIpc) is 2.99. The molecule has 2 fully saturated rings. The quantitative estimate of drug-likeness (QED) is 0.416. The highest BCUT2D eigenvalue weighted by Gasteiger charge is 2.48. The van der Waals surface area contributed by atoms with Crippen LogP contribution in [0.2, 0.25) is 0 Å². The zero-order valence-corrected chi connectivity index (χ0v) is 19.2. The van der Waals surface area contributed by atoms with Gasteiger partial charge in [-0.2, -0.15) is 0 Å². The molecule has 4 N–H and O–H groups in total. The molecule has 2 aliphatic rings. The number of nitrogens with one attached hydrogen (secondary N) is 1. The highest BCUT2D eigenvalue weighted by Crippen LogP contribution is 2.31. The smallest absolute Gasteiger partial charge is 0.237 e. The lowest BCUT2D eigenvalue weighted by atomic mass is 9.92. The van der Waals surface area contributed by atoms with Crippen LogP contribution in [-0.2, 0) is 9.53 Å². The summed E-state index contributed by atoms with van der Waals surface area (Å²) in [6, 6.07) is -0.934. The minimum atomic E-state index is -1.36. The van der Waals surface area contributed by atoms with Gasteiger partial charge in [-0.15, -0.1) is 35.8 Å². The molecule has 2 rings (SSSR count). The number of rotatable bonds is 7. The molecule has 7 nitrogen and oxygen atoms in total. The zero-order chi connectivity index (χ0) is 20.3. The van der Waals surface area contributed by atoms with Crippen LogP contribution in [0, 0.1) is 5.92 Å².